The number of carbonyl (C=O) groups excluding carboxylic acids is 3. The minimum absolute atomic E-state index is 0.125. The molecule has 0 bridgehead atoms. The van der Waals surface area contributed by atoms with E-state index in [-0.39, 0.29) is 18.1 Å². The number of methoxy groups -OCH3 is 1. The van der Waals surface area contributed by atoms with Gasteiger partial charge in [0.25, 0.3) is 5.91 Å². The smallest absolute Gasteiger partial charge is 0.373 e. The van der Waals surface area contributed by atoms with E-state index in [1.807, 2.05) is 69.3 Å². The van der Waals surface area contributed by atoms with E-state index < -0.39 is 0 Å². The maximum Gasteiger partial charge on any atom is 0.373 e. The number of allylic oxidation sites excluding steroid dienone is 3. The van der Waals surface area contributed by atoms with Crippen molar-refractivity contribution in [1.82, 2.24) is 14.9 Å². The van der Waals surface area contributed by atoms with Crippen LogP contribution in [0.3, 0.4) is 0 Å². The van der Waals surface area contributed by atoms with Crippen LogP contribution in [0.25, 0.3) is 16.6 Å². The number of hydrogen-bond acceptors (Lipinski definition) is 5. The number of amides is 1. The summed E-state index contributed by atoms with van der Waals surface area (Å²) in [7, 11) is 1.64. The van der Waals surface area contributed by atoms with Crippen LogP contribution in [0.4, 0.5) is 0 Å². The third-order valence-electron chi connectivity index (χ3n) is 6.30. The standard InChI is InChI=1S/C30H31N3O2.CO2/c1-6-23(7-2)24-13-11-22(12-14-24)19-33-21(4)32-28-16-15-26(18-29(28)33)30(34)31-20(3)25-9-8-10-27(17-25)35-5;2-1-3/h6-18,20H,1,19H2,2-5H3,(H,31,34);/b23-7+;/t20-;/m0./s1. The van der Waals surface area contributed by atoms with E-state index in [9.17, 15) is 4.79 Å². The molecule has 4 rings (SSSR count). The van der Waals surface area contributed by atoms with E-state index in [0.717, 1.165) is 44.9 Å². The van der Waals surface area contributed by atoms with Crippen LogP contribution in [0, 0.1) is 6.92 Å². The number of rotatable bonds is 8. The number of fused-ring (bicyclic) bond motifs is 1. The van der Waals surface area contributed by atoms with Gasteiger partial charge in [-0.05, 0) is 73.4 Å². The Morgan fingerprint density at radius 2 is 1.79 bits per heavy atom. The molecule has 0 spiro atoms. The van der Waals surface area contributed by atoms with Gasteiger partial charge >= 0.3 is 6.15 Å². The minimum Gasteiger partial charge on any atom is -0.497 e. The van der Waals surface area contributed by atoms with Gasteiger partial charge in [-0.3, -0.25) is 4.79 Å². The topological polar surface area (TPSA) is 90.3 Å². The second-order valence-electron chi connectivity index (χ2n) is 8.65. The molecule has 0 aliphatic heterocycles. The third kappa shape index (κ3) is 6.52. The molecule has 3 aromatic carbocycles. The fourth-order valence-electron chi connectivity index (χ4n) is 4.25. The van der Waals surface area contributed by atoms with Crippen LogP contribution < -0.4 is 10.1 Å². The van der Waals surface area contributed by atoms with Gasteiger partial charge in [-0.25, -0.2) is 4.98 Å². The van der Waals surface area contributed by atoms with Gasteiger partial charge in [-0.2, -0.15) is 9.59 Å². The Balaban J connectivity index is 0.00000127. The first kappa shape index (κ1) is 27.8. The summed E-state index contributed by atoms with van der Waals surface area (Å²) in [6.45, 7) is 10.5. The van der Waals surface area contributed by atoms with E-state index in [1.165, 1.54) is 0 Å². The molecule has 0 fully saturated rings. The molecule has 0 aliphatic carbocycles. The highest BCUT2D eigenvalue weighted by atomic mass is 16.5. The Morgan fingerprint density at radius 3 is 2.42 bits per heavy atom. The van der Waals surface area contributed by atoms with Crippen molar-refractivity contribution in [2.75, 3.05) is 7.11 Å². The highest BCUT2D eigenvalue weighted by Gasteiger charge is 2.15. The SMILES string of the molecule is C=C/C(=C\C)c1ccc(Cn2c(C)nc3ccc(C(=O)N[C@@H](C)c4cccc(OC)c4)cc32)cc1.O=C=O. The van der Waals surface area contributed by atoms with Crippen molar-refractivity contribution in [2.24, 2.45) is 0 Å². The maximum absolute atomic E-state index is 13.1. The molecule has 38 heavy (non-hydrogen) atoms. The molecule has 1 amide bonds. The molecular formula is C31H31N3O4. The third-order valence-corrected chi connectivity index (χ3v) is 6.30. The summed E-state index contributed by atoms with van der Waals surface area (Å²) in [4.78, 5) is 34.0. The number of aryl methyl sites for hydroxylation is 1. The molecule has 0 unspecified atom stereocenters. The van der Waals surface area contributed by atoms with E-state index in [1.54, 1.807) is 7.11 Å². The first-order chi connectivity index (χ1) is 18.3. The molecule has 1 N–H and O–H groups in total. The zero-order chi connectivity index (χ0) is 27.7. The normalized spacial score (nSPS) is 11.6. The molecule has 4 aromatic rings. The van der Waals surface area contributed by atoms with Gasteiger partial charge in [0, 0.05) is 12.1 Å². The van der Waals surface area contributed by atoms with Crippen molar-refractivity contribution in [1.29, 1.82) is 0 Å². The average molecular weight is 510 g/mol. The van der Waals surface area contributed by atoms with Crippen LogP contribution in [0.5, 0.6) is 5.75 Å². The number of benzene rings is 3. The number of aromatic nitrogens is 2. The van der Waals surface area contributed by atoms with Crippen LogP contribution in [0.2, 0.25) is 0 Å². The Morgan fingerprint density at radius 1 is 1.11 bits per heavy atom. The van der Waals surface area contributed by atoms with E-state index in [4.69, 9.17) is 19.3 Å². The number of ether oxygens (including phenoxy) is 1. The van der Waals surface area contributed by atoms with Crippen molar-refractivity contribution in [3.63, 3.8) is 0 Å². The average Bonchev–Trinajstić information content (AvgIpc) is 3.24. The van der Waals surface area contributed by atoms with Gasteiger partial charge in [0.15, 0.2) is 0 Å². The summed E-state index contributed by atoms with van der Waals surface area (Å²) in [5.74, 6) is 1.55. The molecule has 1 aromatic heterocycles. The second kappa shape index (κ2) is 13.0. The number of nitrogens with zero attached hydrogens (tertiary/aromatic N) is 2. The quantitative estimate of drug-likeness (QED) is 0.299. The number of hydrogen-bond donors (Lipinski definition) is 1. The summed E-state index contributed by atoms with van der Waals surface area (Å²) in [5.41, 5.74) is 6.82. The van der Waals surface area contributed by atoms with Crippen molar-refractivity contribution >= 4 is 28.7 Å². The number of carbonyl (C=O) groups is 1. The van der Waals surface area contributed by atoms with Gasteiger partial charge in [0.05, 0.1) is 24.2 Å². The minimum atomic E-state index is -0.156. The maximum atomic E-state index is 13.1. The predicted molar refractivity (Wildman–Crippen MR) is 148 cm³/mol. The molecule has 0 saturated carbocycles. The molecule has 0 saturated heterocycles. The van der Waals surface area contributed by atoms with Gasteiger partial charge in [-0.15, -0.1) is 0 Å². The molecule has 194 valence electrons. The van der Waals surface area contributed by atoms with E-state index in [0.29, 0.717) is 12.1 Å². The zero-order valence-corrected chi connectivity index (χ0v) is 22.0. The monoisotopic (exact) mass is 509 g/mol. The molecule has 1 atom stereocenters. The summed E-state index contributed by atoms with van der Waals surface area (Å²) in [6, 6.07) is 21.7. The van der Waals surface area contributed by atoms with Gasteiger partial charge in [0.1, 0.15) is 11.6 Å². The lowest BCUT2D eigenvalue weighted by Crippen LogP contribution is -2.26. The van der Waals surface area contributed by atoms with E-state index >= 15 is 0 Å². The molecule has 0 radical (unpaired) electrons. The van der Waals surface area contributed by atoms with Gasteiger partial charge in [0.2, 0.25) is 0 Å². The molecule has 0 aliphatic rings. The van der Waals surface area contributed by atoms with Crippen molar-refractivity contribution in [3.05, 3.63) is 114 Å². The fraction of sp³-hybridized carbons (Fsp3) is 0.194. The first-order valence-electron chi connectivity index (χ1n) is 12.1. The second-order valence-corrected chi connectivity index (χ2v) is 8.65. The van der Waals surface area contributed by atoms with Crippen LogP contribution in [0.15, 0.2) is 85.5 Å². The molecule has 1 heterocycles. The van der Waals surface area contributed by atoms with Crippen molar-refractivity contribution < 1.29 is 19.1 Å². The van der Waals surface area contributed by atoms with E-state index in [2.05, 4.69) is 46.8 Å². The Labute approximate surface area is 222 Å². The number of imidazole rings is 1. The predicted octanol–water partition coefficient (Wildman–Crippen LogP) is 5.90. The Hall–Kier alpha value is -4.74. The first-order valence-corrected chi connectivity index (χ1v) is 12.1. The lowest BCUT2D eigenvalue weighted by molar-refractivity contribution is -0.191. The lowest BCUT2D eigenvalue weighted by atomic mass is 10.0. The highest BCUT2D eigenvalue weighted by Crippen LogP contribution is 2.23. The lowest BCUT2D eigenvalue weighted by Gasteiger charge is -2.15. The van der Waals surface area contributed by atoms with Crippen LogP contribution in [-0.4, -0.2) is 28.7 Å². The van der Waals surface area contributed by atoms with Crippen molar-refractivity contribution in [3.8, 4) is 5.75 Å². The summed E-state index contributed by atoms with van der Waals surface area (Å²) in [6.07, 6.45) is 4.17. The van der Waals surface area contributed by atoms with Crippen LogP contribution in [-0.2, 0) is 16.1 Å². The van der Waals surface area contributed by atoms with Gasteiger partial charge in [-0.1, -0.05) is 55.1 Å². The summed E-state index contributed by atoms with van der Waals surface area (Å²) >= 11 is 0. The van der Waals surface area contributed by atoms with Crippen LogP contribution in [0.1, 0.15) is 52.8 Å². The largest absolute Gasteiger partial charge is 0.497 e. The molecule has 7 heteroatoms. The summed E-state index contributed by atoms with van der Waals surface area (Å²) in [5, 5.41) is 3.09. The Kier molecular flexibility index (Phi) is 9.52. The van der Waals surface area contributed by atoms with Gasteiger partial charge < -0.3 is 14.6 Å². The van der Waals surface area contributed by atoms with Crippen molar-refractivity contribution in [2.45, 2.75) is 33.4 Å². The molecular weight excluding hydrogens is 478 g/mol. The molecule has 7 nitrogen and oxygen atoms in total. The Bertz CT molecular complexity index is 1490. The highest BCUT2D eigenvalue weighted by molar-refractivity contribution is 5.97. The van der Waals surface area contributed by atoms with Crippen LogP contribution >= 0.6 is 0 Å². The summed E-state index contributed by atoms with van der Waals surface area (Å²) < 4.78 is 7.46. The zero-order valence-electron chi connectivity index (χ0n) is 22.0. The number of nitrogens with one attached hydrogen (secondary N) is 1. The fourth-order valence-corrected chi connectivity index (χ4v) is 4.25.